The molecule has 0 aliphatic heterocycles. The van der Waals surface area contributed by atoms with Gasteiger partial charge in [0.05, 0.1) is 7.11 Å². The number of carbonyl (C=O) groups is 1. The lowest BCUT2D eigenvalue weighted by atomic mass is 10.1. The van der Waals surface area contributed by atoms with E-state index in [4.69, 9.17) is 5.26 Å². The van der Waals surface area contributed by atoms with Crippen molar-refractivity contribution in [1.29, 1.82) is 5.26 Å². The summed E-state index contributed by atoms with van der Waals surface area (Å²) < 4.78 is 40.9. The number of thioether (sulfide) groups is 1. The highest BCUT2D eigenvalue weighted by molar-refractivity contribution is 8.00. The van der Waals surface area contributed by atoms with Crippen LogP contribution in [0.25, 0.3) is 0 Å². The second-order valence-electron chi connectivity index (χ2n) is 2.99. The molecule has 8 heteroatoms. The topological polar surface area (TPSA) is 70.3 Å². The number of halogens is 3. The summed E-state index contributed by atoms with van der Waals surface area (Å²) in [6.07, 6.45) is 0. The summed E-state index contributed by atoms with van der Waals surface area (Å²) in [7, 11) is 1.05. The van der Waals surface area contributed by atoms with Crippen molar-refractivity contribution in [3.05, 3.63) is 23.3 Å². The number of methoxy groups -OCH3 is 1. The molecule has 18 heavy (non-hydrogen) atoms. The number of nitrogens with zero attached hydrogens (tertiary/aromatic N) is 1. The van der Waals surface area contributed by atoms with Crippen LogP contribution in [0.4, 0.5) is 13.2 Å². The van der Waals surface area contributed by atoms with E-state index in [2.05, 4.69) is 4.74 Å². The van der Waals surface area contributed by atoms with Crippen LogP contribution in [-0.4, -0.2) is 23.7 Å². The standard InChI is InChI=1S/C10H6F3NO3S/c1-17-9(16)5-2-3-7(18-10(11,12)13)6(4-14)8(5)15/h2-3,15H,1H3. The van der Waals surface area contributed by atoms with Crippen LogP contribution in [0.15, 0.2) is 17.0 Å². The maximum Gasteiger partial charge on any atom is 0.446 e. The van der Waals surface area contributed by atoms with Crippen molar-refractivity contribution >= 4 is 17.7 Å². The minimum absolute atomic E-state index is 0.361. The number of alkyl halides is 3. The minimum atomic E-state index is -4.59. The predicted molar refractivity (Wildman–Crippen MR) is 56.1 cm³/mol. The molecule has 0 amide bonds. The monoisotopic (exact) mass is 277 g/mol. The highest BCUT2D eigenvalue weighted by atomic mass is 32.2. The van der Waals surface area contributed by atoms with E-state index in [1.54, 1.807) is 0 Å². The van der Waals surface area contributed by atoms with Gasteiger partial charge in [0.15, 0.2) is 0 Å². The first kappa shape index (κ1) is 14.2. The minimum Gasteiger partial charge on any atom is -0.506 e. The number of carbonyl (C=O) groups excluding carboxylic acids is 1. The largest absolute Gasteiger partial charge is 0.506 e. The molecular weight excluding hydrogens is 271 g/mol. The maximum absolute atomic E-state index is 12.2. The molecule has 1 aromatic carbocycles. The summed E-state index contributed by atoms with van der Waals surface area (Å²) in [5, 5.41) is 18.3. The Morgan fingerprint density at radius 2 is 2.11 bits per heavy atom. The fraction of sp³-hybridized carbons (Fsp3) is 0.200. The number of hydrogen-bond donors (Lipinski definition) is 1. The van der Waals surface area contributed by atoms with Crippen molar-refractivity contribution in [2.75, 3.05) is 7.11 Å². The molecule has 0 atom stereocenters. The predicted octanol–water partition coefficient (Wildman–Crippen LogP) is 2.66. The van der Waals surface area contributed by atoms with Crippen LogP contribution in [0.3, 0.4) is 0 Å². The second kappa shape index (κ2) is 5.18. The highest BCUT2D eigenvalue weighted by Crippen LogP contribution is 2.41. The lowest BCUT2D eigenvalue weighted by molar-refractivity contribution is -0.0328. The molecule has 0 aromatic heterocycles. The zero-order valence-corrected chi connectivity index (χ0v) is 9.72. The number of rotatable bonds is 2. The molecule has 0 heterocycles. The second-order valence-corrected chi connectivity index (χ2v) is 4.09. The molecule has 1 aromatic rings. The number of hydrogen-bond acceptors (Lipinski definition) is 5. The van der Waals surface area contributed by atoms with Gasteiger partial charge in [0.25, 0.3) is 0 Å². The Bertz CT molecular complexity index is 522. The van der Waals surface area contributed by atoms with Gasteiger partial charge < -0.3 is 9.84 Å². The van der Waals surface area contributed by atoms with Crippen LogP contribution in [0.5, 0.6) is 5.75 Å². The summed E-state index contributed by atoms with van der Waals surface area (Å²) in [6.45, 7) is 0. The lowest BCUT2D eigenvalue weighted by Crippen LogP contribution is -2.05. The summed E-state index contributed by atoms with van der Waals surface area (Å²) in [5.41, 5.74) is -5.56. The third kappa shape index (κ3) is 3.07. The van der Waals surface area contributed by atoms with Crippen LogP contribution in [0, 0.1) is 11.3 Å². The Hall–Kier alpha value is -1.88. The molecule has 0 aliphatic rings. The third-order valence-corrected chi connectivity index (χ3v) is 2.67. The van der Waals surface area contributed by atoms with Gasteiger partial charge in [-0.1, -0.05) is 0 Å². The summed E-state index contributed by atoms with van der Waals surface area (Å²) >= 11 is -0.540. The Labute approximate surface area is 104 Å². The molecule has 0 bridgehead atoms. The highest BCUT2D eigenvalue weighted by Gasteiger charge is 2.32. The molecule has 0 spiro atoms. The fourth-order valence-electron chi connectivity index (χ4n) is 1.17. The summed E-state index contributed by atoms with van der Waals surface area (Å²) in [6, 6.07) is 3.33. The molecule has 0 fully saturated rings. The van der Waals surface area contributed by atoms with Crippen molar-refractivity contribution in [2.24, 2.45) is 0 Å². The SMILES string of the molecule is COC(=O)c1ccc(SC(F)(F)F)c(C#N)c1O. The van der Waals surface area contributed by atoms with Gasteiger partial charge in [-0.15, -0.1) is 0 Å². The van der Waals surface area contributed by atoms with Gasteiger partial charge in [0, 0.05) is 4.90 Å². The zero-order valence-electron chi connectivity index (χ0n) is 8.91. The third-order valence-electron chi connectivity index (χ3n) is 1.88. The normalized spacial score (nSPS) is 10.8. The first-order chi connectivity index (χ1) is 8.30. The van der Waals surface area contributed by atoms with Crippen LogP contribution in [0.1, 0.15) is 15.9 Å². The Balaban J connectivity index is 3.31. The molecule has 0 unspecified atom stereocenters. The van der Waals surface area contributed by atoms with Crippen molar-refractivity contribution in [3.63, 3.8) is 0 Å². The fourth-order valence-corrected chi connectivity index (χ4v) is 1.79. The van der Waals surface area contributed by atoms with E-state index < -0.39 is 39.4 Å². The average molecular weight is 277 g/mol. The first-order valence-electron chi connectivity index (χ1n) is 4.40. The molecule has 0 aliphatic carbocycles. The van der Waals surface area contributed by atoms with Crippen molar-refractivity contribution in [1.82, 2.24) is 0 Å². The number of esters is 1. The quantitative estimate of drug-likeness (QED) is 0.664. The van der Waals surface area contributed by atoms with Gasteiger partial charge in [-0.2, -0.15) is 18.4 Å². The molecule has 0 saturated heterocycles. The lowest BCUT2D eigenvalue weighted by Gasteiger charge is -2.10. The smallest absolute Gasteiger partial charge is 0.446 e. The van der Waals surface area contributed by atoms with Gasteiger partial charge in [-0.25, -0.2) is 4.79 Å². The number of benzene rings is 1. The zero-order chi connectivity index (χ0) is 13.9. The summed E-state index contributed by atoms with van der Waals surface area (Å²) in [5.74, 6) is -1.76. The molecule has 4 nitrogen and oxygen atoms in total. The van der Waals surface area contributed by atoms with Gasteiger partial charge in [-0.05, 0) is 23.9 Å². The summed E-state index contributed by atoms with van der Waals surface area (Å²) in [4.78, 5) is 10.7. The van der Waals surface area contributed by atoms with Crippen LogP contribution < -0.4 is 0 Å². The molecule has 0 saturated carbocycles. The van der Waals surface area contributed by atoms with E-state index in [9.17, 15) is 23.1 Å². The van der Waals surface area contributed by atoms with Crippen molar-refractivity contribution in [3.8, 4) is 11.8 Å². The average Bonchev–Trinajstić information content (AvgIpc) is 2.26. The molecular formula is C10H6F3NO3S. The van der Waals surface area contributed by atoms with Crippen molar-refractivity contribution < 1.29 is 27.8 Å². The van der Waals surface area contributed by atoms with Crippen LogP contribution in [0.2, 0.25) is 0 Å². The number of phenolic OH excluding ortho intramolecular Hbond substituents is 1. The Morgan fingerprint density at radius 1 is 1.50 bits per heavy atom. The van der Waals surface area contributed by atoms with Crippen LogP contribution in [-0.2, 0) is 4.74 Å². The van der Waals surface area contributed by atoms with E-state index in [1.807, 2.05) is 0 Å². The van der Waals surface area contributed by atoms with Gasteiger partial charge in [0.1, 0.15) is 22.9 Å². The van der Waals surface area contributed by atoms with Crippen molar-refractivity contribution in [2.45, 2.75) is 10.4 Å². The number of phenols is 1. The molecule has 1 rings (SSSR count). The Kier molecular flexibility index (Phi) is 4.08. The van der Waals surface area contributed by atoms with E-state index in [0.717, 1.165) is 19.2 Å². The Morgan fingerprint density at radius 3 is 2.56 bits per heavy atom. The van der Waals surface area contributed by atoms with Crippen LogP contribution >= 0.6 is 11.8 Å². The molecule has 1 N–H and O–H groups in total. The van der Waals surface area contributed by atoms with Gasteiger partial charge >= 0.3 is 11.5 Å². The van der Waals surface area contributed by atoms with Gasteiger partial charge in [-0.3, -0.25) is 0 Å². The number of aromatic hydroxyl groups is 1. The van der Waals surface area contributed by atoms with E-state index >= 15 is 0 Å². The number of ether oxygens (including phenoxy) is 1. The first-order valence-corrected chi connectivity index (χ1v) is 5.22. The number of nitriles is 1. The van der Waals surface area contributed by atoms with E-state index in [1.165, 1.54) is 6.07 Å². The molecule has 0 radical (unpaired) electrons. The maximum atomic E-state index is 12.2. The van der Waals surface area contributed by atoms with Gasteiger partial charge in [0.2, 0.25) is 0 Å². The molecule has 96 valence electrons. The van der Waals surface area contributed by atoms with E-state index in [-0.39, 0.29) is 5.56 Å². The van der Waals surface area contributed by atoms with E-state index in [0.29, 0.717) is 0 Å².